The SMILES string of the molecule is Nc1c(C(=O)NC2CCCc3c(OCC4CCCC4)cccc32)[nH]c(=O)[nH]c1=O. The number of carbonyl (C=O) groups is 1. The Bertz CT molecular complexity index is 1020. The Morgan fingerprint density at radius 1 is 1.14 bits per heavy atom. The molecule has 1 aromatic heterocycles. The van der Waals surface area contributed by atoms with Crippen molar-refractivity contribution in [1.29, 1.82) is 0 Å². The number of nitrogens with one attached hydrogen (secondary N) is 3. The van der Waals surface area contributed by atoms with Crippen LogP contribution in [0.1, 0.15) is 66.2 Å². The molecule has 0 aliphatic heterocycles. The van der Waals surface area contributed by atoms with Crippen LogP contribution in [0.5, 0.6) is 5.75 Å². The van der Waals surface area contributed by atoms with E-state index in [9.17, 15) is 14.4 Å². The number of hydrogen-bond donors (Lipinski definition) is 4. The van der Waals surface area contributed by atoms with E-state index in [1.165, 1.54) is 25.7 Å². The number of nitrogens with two attached hydrogens (primary N) is 1. The van der Waals surface area contributed by atoms with Gasteiger partial charge in [0.2, 0.25) is 0 Å². The van der Waals surface area contributed by atoms with Crippen LogP contribution in [0.4, 0.5) is 5.69 Å². The van der Waals surface area contributed by atoms with Gasteiger partial charge in [0.1, 0.15) is 17.1 Å². The molecule has 5 N–H and O–H groups in total. The Morgan fingerprint density at radius 2 is 1.93 bits per heavy atom. The number of aromatic nitrogens is 2. The van der Waals surface area contributed by atoms with Crippen LogP contribution in [0.2, 0.25) is 0 Å². The van der Waals surface area contributed by atoms with Crippen molar-refractivity contribution >= 4 is 11.6 Å². The van der Waals surface area contributed by atoms with Gasteiger partial charge in [-0.15, -0.1) is 0 Å². The van der Waals surface area contributed by atoms with Crippen molar-refractivity contribution in [2.24, 2.45) is 5.92 Å². The minimum absolute atomic E-state index is 0.209. The van der Waals surface area contributed by atoms with E-state index >= 15 is 0 Å². The molecule has 0 radical (unpaired) electrons. The highest BCUT2D eigenvalue weighted by atomic mass is 16.5. The van der Waals surface area contributed by atoms with Crippen LogP contribution in [0, 0.1) is 5.92 Å². The first-order chi connectivity index (χ1) is 14.0. The van der Waals surface area contributed by atoms with Crippen molar-refractivity contribution in [3.63, 3.8) is 0 Å². The van der Waals surface area contributed by atoms with Gasteiger partial charge < -0.3 is 20.8 Å². The Kier molecular flexibility index (Phi) is 5.42. The third-order valence-corrected chi connectivity index (χ3v) is 5.93. The normalized spacial score (nSPS) is 19.0. The molecule has 8 nitrogen and oxygen atoms in total. The summed E-state index contributed by atoms with van der Waals surface area (Å²) in [6, 6.07) is 5.69. The van der Waals surface area contributed by atoms with Crippen molar-refractivity contribution in [2.75, 3.05) is 12.3 Å². The molecule has 2 aliphatic carbocycles. The highest BCUT2D eigenvalue weighted by Gasteiger charge is 2.26. The van der Waals surface area contributed by atoms with E-state index < -0.39 is 17.2 Å². The third kappa shape index (κ3) is 4.06. The maximum atomic E-state index is 12.7. The second-order valence-corrected chi connectivity index (χ2v) is 7.90. The first-order valence-corrected chi connectivity index (χ1v) is 10.2. The number of H-pyrrole nitrogens is 2. The Labute approximate surface area is 167 Å². The van der Waals surface area contributed by atoms with Gasteiger partial charge in [0.15, 0.2) is 0 Å². The topological polar surface area (TPSA) is 130 Å². The van der Waals surface area contributed by atoms with E-state index in [0.29, 0.717) is 5.92 Å². The Morgan fingerprint density at radius 3 is 2.72 bits per heavy atom. The zero-order valence-electron chi connectivity index (χ0n) is 16.3. The number of anilines is 1. The van der Waals surface area contributed by atoms with Crippen LogP contribution in [0.25, 0.3) is 0 Å². The fraction of sp³-hybridized carbons (Fsp3) is 0.476. The predicted molar refractivity (Wildman–Crippen MR) is 109 cm³/mol. The summed E-state index contributed by atoms with van der Waals surface area (Å²) >= 11 is 0. The molecule has 1 heterocycles. The first-order valence-electron chi connectivity index (χ1n) is 10.2. The molecule has 8 heteroatoms. The summed E-state index contributed by atoms with van der Waals surface area (Å²) in [5.41, 5.74) is 5.77. The molecule has 1 unspecified atom stereocenters. The maximum Gasteiger partial charge on any atom is 0.326 e. The molecule has 0 bridgehead atoms. The van der Waals surface area contributed by atoms with E-state index in [1.54, 1.807) is 0 Å². The van der Waals surface area contributed by atoms with Crippen molar-refractivity contribution < 1.29 is 9.53 Å². The zero-order chi connectivity index (χ0) is 20.4. The van der Waals surface area contributed by atoms with Crippen molar-refractivity contribution in [2.45, 2.75) is 51.0 Å². The number of rotatable bonds is 5. The number of ether oxygens (including phenoxy) is 1. The smallest absolute Gasteiger partial charge is 0.326 e. The lowest BCUT2D eigenvalue weighted by Crippen LogP contribution is -2.36. The number of benzene rings is 1. The molecule has 1 fully saturated rings. The average Bonchev–Trinajstić information content (AvgIpc) is 3.23. The predicted octanol–water partition coefficient (Wildman–Crippen LogP) is 2.02. The Balaban J connectivity index is 1.54. The van der Waals surface area contributed by atoms with Gasteiger partial charge in [0.25, 0.3) is 11.5 Å². The van der Waals surface area contributed by atoms with Gasteiger partial charge in [0.05, 0.1) is 12.6 Å². The highest BCUT2D eigenvalue weighted by Crippen LogP contribution is 2.36. The highest BCUT2D eigenvalue weighted by molar-refractivity contribution is 5.97. The van der Waals surface area contributed by atoms with Crippen LogP contribution < -0.4 is 27.0 Å². The quantitative estimate of drug-likeness (QED) is 0.612. The molecule has 1 saturated carbocycles. The van der Waals surface area contributed by atoms with Gasteiger partial charge in [-0.2, -0.15) is 0 Å². The monoisotopic (exact) mass is 398 g/mol. The van der Waals surface area contributed by atoms with Crippen molar-refractivity contribution in [3.8, 4) is 5.75 Å². The molecular weight excluding hydrogens is 372 g/mol. The molecule has 154 valence electrons. The van der Waals surface area contributed by atoms with E-state index in [-0.39, 0.29) is 17.4 Å². The summed E-state index contributed by atoms with van der Waals surface area (Å²) in [5.74, 6) is 0.944. The van der Waals surface area contributed by atoms with Gasteiger partial charge in [-0.1, -0.05) is 25.0 Å². The van der Waals surface area contributed by atoms with E-state index in [4.69, 9.17) is 10.5 Å². The van der Waals surface area contributed by atoms with Gasteiger partial charge in [-0.25, -0.2) is 4.79 Å². The van der Waals surface area contributed by atoms with Crippen LogP contribution in [0.3, 0.4) is 0 Å². The van der Waals surface area contributed by atoms with E-state index in [1.807, 2.05) is 23.2 Å². The fourth-order valence-electron chi connectivity index (χ4n) is 4.39. The van der Waals surface area contributed by atoms with Gasteiger partial charge in [0, 0.05) is 0 Å². The summed E-state index contributed by atoms with van der Waals surface area (Å²) in [5, 5.41) is 2.91. The summed E-state index contributed by atoms with van der Waals surface area (Å²) in [7, 11) is 0. The lowest BCUT2D eigenvalue weighted by Gasteiger charge is -2.28. The second-order valence-electron chi connectivity index (χ2n) is 7.90. The van der Waals surface area contributed by atoms with E-state index in [2.05, 4.69) is 10.3 Å². The molecule has 1 atom stereocenters. The summed E-state index contributed by atoms with van der Waals surface area (Å²) in [4.78, 5) is 40.2. The Hall–Kier alpha value is -3.03. The van der Waals surface area contributed by atoms with Crippen LogP contribution >= 0.6 is 0 Å². The van der Waals surface area contributed by atoms with Crippen LogP contribution in [-0.4, -0.2) is 22.5 Å². The lowest BCUT2D eigenvalue weighted by atomic mass is 9.87. The minimum Gasteiger partial charge on any atom is -0.493 e. The number of fused-ring (bicyclic) bond motifs is 1. The molecule has 2 aliphatic rings. The molecular formula is C21H26N4O4. The molecule has 1 amide bonds. The van der Waals surface area contributed by atoms with Gasteiger partial charge >= 0.3 is 5.69 Å². The fourth-order valence-corrected chi connectivity index (χ4v) is 4.39. The second kappa shape index (κ2) is 8.14. The standard InChI is InChI=1S/C21H26N4O4/c22-17-18(24-21(28)25-19(17)26)20(27)23-15-9-3-8-14-13(15)7-4-10-16(14)29-11-12-5-1-2-6-12/h4,7,10,12,15H,1-3,5-6,8-9,11,22H2,(H,23,27)(H2,24,25,26,28). The third-order valence-electron chi connectivity index (χ3n) is 5.93. The molecule has 0 saturated heterocycles. The number of amides is 1. The van der Waals surface area contributed by atoms with Crippen LogP contribution in [-0.2, 0) is 6.42 Å². The zero-order valence-corrected chi connectivity index (χ0v) is 16.3. The number of hydrogen-bond acceptors (Lipinski definition) is 5. The van der Waals surface area contributed by atoms with E-state index in [0.717, 1.165) is 42.7 Å². The van der Waals surface area contributed by atoms with Crippen LogP contribution in [0.15, 0.2) is 27.8 Å². The molecule has 29 heavy (non-hydrogen) atoms. The largest absolute Gasteiger partial charge is 0.493 e. The molecule has 2 aromatic rings. The van der Waals surface area contributed by atoms with Gasteiger partial charge in [-0.3, -0.25) is 14.6 Å². The molecule has 0 spiro atoms. The lowest BCUT2D eigenvalue weighted by molar-refractivity contribution is 0.0927. The summed E-state index contributed by atoms with van der Waals surface area (Å²) in [6.07, 6.45) is 7.58. The van der Waals surface area contributed by atoms with Crippen molar-refractivity contribution in [3.05, 3.63) is 55.9 Å². The molecule has 4 rings (SSSR count). The molecule has 1 aromatic carbocycles. The first kappa shape index (κ1) is 19.3. The summed E-state index contributed by atoms with van der Waals surface area (Å²) in [6.45, 7) is 0.734. The number of aromatic amines is 2. The minimum atomic E-state index is -0.773. The average molecular weight is 398 g/mol. The van der Waals surface area contributed by atoms with Gasteiger partial charge in [-0.05, 0) is 55.2 Å². The number of carbonyl (C=O) groups excluding carboxylic acids is 1. The van der Waals surface area contributed by atoms with Crippen molar-refractivity contribution in [1.82, 2.24) is 15.3 Å². The number of nitrogen functional groups attached to an aromatic ring is 1. The summed E-state index contributed by atoms with van der Waals surface area (Å²) < 4.78 is 6.15. The maximum absolute atomic E-state index is 12.7.